The van der Waals surface area contributed by atoms with Gasteiger partial charge in [-0.2, -0.15) is 5.10 Å². The summed E-state index contributed by atoms with van der Waals surface area (Å²) in [5, 5.41) is 16.6. The van der Waals surface area contributed by atoms with E-state index in [2.05, 4.69) is 10.2 Å². The van der Waals surface area contributed by atoms with Crippen molar-refractivity contribution in [3.8, 4) is 11.3 Å². The highest BCUT2D eigenvalue weighted by molar-refractivity contribution is 6.12. The number of aromatic amines is 1. The van der Waals surface area contributed by atoms with Crippen molar-refractivity contribution in [1.82, 2.24) is 10.2 Å². The molecule has 0 spiro atoms. The van der Waals surface area contributed by atoms with Crippen molar-refractivity contribution in [2.45, 2.75) is 6.04 Å². The minimum Gasteiger partial charge on any atom is -0.478 e. The van der Waals surface area contributed by atoms with Gasteiger partial charge in [-0.05, 0) is 42.0 Å². The molecule has 2 heterocycles. The first-order valence-corrected chi connectivity index (χ1v) is 10.5. The minimum absolute atomic E-state index is 0.125. The number of nitrogens with one attached hydrogen (secondary N) is 1. The molecule has 168 valence electrons. The molecular weight excluding hydrogens is 434 g/mol. The lowest BCUT2D eigenvalue weighted by molar-refractivity contribution is 0.0599. The monoisotopic (exact) mass is 453 g/mol. The first-order valence-electron chi connectivity index (χ1n) is 10.5. The van der Waals surface area contributed by atoms with Crippen LogP contribution in [0, 0.1) is 0 Å². The van der Waals surface area contributed by atoms with E-state index in [-0.39, 0.29) is 11.5 Å². The van der Waals surface area contributed by atoms with E-state index in [4.69, 9.17) is 4.74 Å². The molecule has 0 fully saturated rings. The third-order valence-corrected chi connectivity index (χ3v) is 5.86. The Bertz CT molecular complexity index is 1390. The van der Waals surface area contributed by atoms with E-state index in [0.29, 0.717) is 28.2 Å². The van der Waals surface area contributed by atoms with Crippen molar-refractivity contribution in [3.63, 3.8) is 0 Å². The predicted molar refractivity (Wildman–Crippen MR) is 124 cm³/mol. The van der Waals surface area contributed by atoms with Gasteiger partial charge in [0.15, 0.2) is 0 Å². The molecule has 1 aliphatic rings. The van der Waals surface area contributed by atoms with Gasteiger partial charge in [-0.3, -0.25) is 14.8 Å². The molecule has 5 rings (SSSR count). The van der Waals surface area contributed by atoms with Gasteiger partial charge in [-0.15, -0.1) is 0 Å². The number of carbonyl (C=O) groups excluding carboxylic acids is 2. The zero-order valence-corrected chi connectivity index (χ0v) is 18.1. The van der Waals surface area contributed by atoms with Crippen molar-refractivity contribution in [2.24, 2.45) is 0 Å². The second-order valence-corrected chi connectivity index (χ2v) is 7.77. The van der Waals surface area contributed by atoms with Crippen molar-refractivity contribution >= 4 is 23.5 Å². The number of amides is 1. The molecule has 1 amide bonds. The lowest BCUT2D eigenvalue weighted by Gasteiger charge is -2.26. The van der Waals surface area contributed by atoms with Crippen LogP contribution in [0.5, 0.6) is 0 Å². The summed E-state index contributed by atoms with van der Waals surface area (Å²) in [7, 11) is 1.32. The number of benzene rings is 3. The number of methoxy groups -OCH3 is 1. The minimum atomic E-state index is -1.05. The highest BCUT2D eigenvalue weighted by Crippen LogP contribution is 2.45. The van der Waals surface area contributed by atoms with Crippen LogP contribution in [0.4, 0.5) is 5.69 Å². The van der Waals surface area contributed by atoms with E-state index < -0.39 is 18.0 Å². The molecule has 3 aromatic carbocycles. The summed E-state index contributed by atoms with van der Waals surface area (Å²) < 4.78 is 4.79. The molecule has 0 saturated heterocycles. The standard InChI is InChI=1S/C26H19N3O5/c1-34-26(33)18-9-7-16(8-10-18)23-20-21(15-5-3-2-4-6-15)27-28-22(20)24(30)29(23)19-13-11-17(12-14-19)25(31)32/h2-14,23H,1H3,(H,27,28)(H,31,32)/t23-/m0/s1. The lowest BCUT2D eigenvalue weighted by atomic mass is 9.95. The Hall–Kier alpha value is -4.72. The number of carbonyl (C=O) groups is 3. The Kier molecular flexibility index (Phi) is 5.18. The average Bonchev–Trinajstić information content (AvgIpc) is 3.43. The number of rotatable bonds is 5. The Morgan fingerprint density at radius 3 is 2.21 bits per heavy atom. The molecule has 4 aromatic rings. The zero-order chi connectivity index (χ0) is 23.8. The fourth-order valence-corrected chi connectivity index (χ4v) is 4.23. The van der Waals surface area contributed by atoms with Crippen LogP contribution in [-0.2, 0) is 4.74 Å². The molecule has 0 aliphatic carbocycles. The van der Waals surface area contributed by atoms with E-state index in [1.54, 1.807) is 41.3 Å². The number of fused-ring (bicyclic) bond motifs is 1. The van der Waals surface area contributed by atoms with Crippen molar-refractivity contribution < 1.29 is 24.2 Å². The largest absolute Gasteiger partial charge is 0.478 e. The second kappa shape index (κ2) is 8.32. The maximum Gasteiger partial charge on any atom is 0.337 e. The Balaban J connectivity index is 1.66. The quantitative estimate of drug-likeness (QED) is 0.436. The van der Waals surface area contributed by atoms with Crippen LogP contribution < -0.4 is 4.90 Å². The topological polar surface area (TPSA) is 113 Å². The number of carboxylic acids is 1. The van der Waals surface area contributed by atoms with Crippen LogP contribution in [0.1, 0.15) is 48.4 Å². The number of H-pyrrole nitrogens is 1. The van der Waals surface area contributed by atoms with Gasteiger partial charge in [0, 0.05) is 16.8 Å². The number of carboxylic acid groups (broad SMARTS) is 1. The van der Waals surface area contributed by atoms with Crippen molar-refractivity contribution in [3.05, 3.63) is 107 Å². The maximum absolute atomic E-state index is 13.5. The van der Waals surface area contributed by atoms with Gasteiger partial charge in [0.05, 0.1) is 30.0 Å². The molecular formula is C26H19N3O5. The predicted octanol–water partition coefficient (Wildman–Crippen LogP) is 4.31. The Morgan fingerprint density at radius 2 is 1.59 bits per heavy atom. The Morgan fingerprint density at radius 1 is 0.941 bits per heavy atom. The normalized spacial score (nSPS) is 14.7. The summed E-state index contributed by atoms with van der Waals surface area (Å²) in [5.41, 5.74) is 4.40. The number of aromatic nitrogens is 2. The number of anilines is 1. The van der Waals surface area contributed by atoms with E-state index in [1.807, 2.05) is 30.3 Å². The number of aromatic carboxylic acids is 1. The molecule has 0 radical (unpaired) electrons. The van der Waals surface area contributed by atoms with Gasteiger partial charge in [-0.25, -0.2) is 9.59 Å². The van der Waals surface area contributed by atoms with E-state index >= 15 is 0 Å². The summed E-state index contributed by atoms with van der Waals surface area (Å²) in [6, 6.07) is 22.0. The highest BCUT2D eigenvalue weighted by Gasteiger charge is 2.43. The molecule has 1 atom stereocenters. The van der Waals surface area contributed by atoms with Crippen LogP contribution in [-0.4, -0.2) is 40.3 Å². The Labute approximate surface area is 194 Å². The van der Waals surface area contributed by atoms with Gasteiger partial charge in [-0.1, -0.05) is 42.5 Å². The van der Waals surface area contributed by atoms with E-state index in [0.717, 1.165) is 11.1 Å². The number of esters is 1. The van der Waals surface area contributed by atoms with Crippen LogP contribution in [0.3, 0.4) is 0 Å². The third kappa shape index (κ3) is 3.41. The molecule has 0 unspecified atom stereocenters. The number of hydrogen-bond donors (Lipinski definition) is 2. The summed E-state index contributed by atoms with van der Waals surface area (Å²) >= 11 is 0. The molecule has 0 bridgehead atoms. The maximum atomic E-state index is 13.5. The van der Waals surface area contributed by atoms with Crippen LogP contribution in [0.2, 0.25) is 0 Å². The zero-order valence-electron chi connectivity index (χ0n) is 18.1. The van der Waals surface area contributed by atoms with Gasteiger partial charge in [0.1, 0.15) is 5.69 Å². The van der Waals surface area contributed by atoms with Crippen LogP contribution in [0.15, 0.2) is 78.9 Å². The lowest BCUT2D eigenvalue weighted by Crippen LogP contribution is -2.29. The van der Waals surface area contributed by atoms with Crippen LogP contribution >= 0.6 is 0 Å². The molecule has 1 aliphatic heterocycles. The summed E-state index contributed by atoms with van der Waals surface area (Å²) in [6.45, 7) is 0. The average molecular weight is 453 g/mol. The fourth-order valence-electron chi connectivity index (χ4n) is 4.23. The van der Waals surface area contributed by atoms with Gasteiger partial charge in [0.25, 0.3) is 5.91 Å². The summed E-state index contributed by atoms with van der Waals surface area (Å²) in [5.74, 6) is -1.78. The van der Waals surface area contributed by atoms with Crippen LogP contribution in [0.25, 0.3) is 11.3 Å². The molecule has 8 nitrogen and oxygen atoms in total. The fraction of sp³-hybridized carbons (Fsp3) is 0.0769. The highest BCUT2D eigenvalue weighted by atomic mass is 16.5. The van der Waals surface area contributed by atoms with Crippen molar-refractivity contribution in [1.29, 1.82) is 0 Å². The van der Waals surface area contributed by atoms with E-state index in [1.165, 1.54) is 19.2 Å². The second-order valence-electron chi connectivity index (χ2n) is 7.77. The molecule has 0 saturated carbocycles. The number of nitrogens with zero attached hydrogens (tertiary/aromatic N) is 2. The van der Waals surface area contributed by atoms with Gasteiger partial charge in [0.2, 0.25) is 0 Å². The summed E-state index contributed by atoms with van der Waals surface area (Å²) in [4.78, 5) is 38.4. The van der Waals surface area contributed by atoms with Gasteiger partial charge >= 0.3 is 11.9 Å². The smallest absolute Gasteiger partial charge is 0.337 e. The number of hydrogen-bond acceptors (Lipinski definition) is 5. The van der Waals surface area contributed by atoms with Gasteiger partial charge < -0.3 is 9.84 Å². The molecule has 34 heavy (non-hydrogen) atoms. The first-order chi connectivity index (χ1) is 16.5. The molecule has 1 aromatic heterocycles. The van der Waals surface area contributed by atoms with E-state index in [9.17, 15) is 19.5 Å². The number of ether oxygens (including phenoxy) is 1. The SMILES string of the molecule is COC(=O)c1ccc([C@H]2c3c(-c4ccccc4)n[nH]c3C(=O)N2c2ccc(C(=O)O)cc2)cc1. The molecule has 8 heteroatoms. The third-order valence-electron chi connectivity index (χ3n) is 5.86. The first kappa shape index (κ1) is 21.1. The van der Waals surface area contributed by atoms with Crippen molar-refractivity contribution in [2.75, 3.05) is 12.0 Å². The molecule has 2 N–H and O–H groups in total. The summed E-state index contributed by atoms with van der Waals surface area (Å²) in [6.07, 6.45) is 0.